The third kappa shape index (κ3) is 8.06. The molecule has 50 heavy (non-hydrogen) atoms. The summed E-state index contributed by atoms with van der Waals surface area (Å²) in [5, 5.41) is 0. The fraction of sp³-hybridized carbons (Fsp3) is 0.426. The van der Waals surface area contributed by atoms with E-state index >= 15 is 0 Å². The number of allylic oxidation sites excluding steroid dienone is 19. The van der Waals surface area contributed by atoms with Gasteiger partial charge in [-0.25, -0.2) is 0 Å². The Hall–Kier alpha value is -3.79. The molecule has 3 heteroatoms. The van der Waals surface area contributed by atoms with Crippen LogP contribution < -0.4 is 5.73 Å². The molecule has 0 aromatic carbocycles. The first-order chi connectivity index (χ1) is 24.6. The second kappa shape index (κ2) is 16.5. The molecule has 2 N–H and O–H groups in total. The Morgan fingerprint density at radius 1 is 0.840 bits per heavy atom. The summed E-state index contributed by atoms with van der Waals surface area (Å²) in [5.74, 6) is 1.75. The Labute approximate surface area is 302 Å². The Morgan fingerprint density at radius 3 is 2.50 bits per heavy atom. The first-order valence-corrected chi connectivity index (χ1v) is 19.5. The maximum Gasteiger partial charge on any atom is 0.0457 e. The van der Waals surface area contributed by atoms with E-state index in [2.05, 4.69) is 127 Å². The number of hydrogen-bond donors (Lipinski definition) is 1. The minimum absolute atomic E-state index is 0.390. The molecule has 0 amide bonds. The average molecular weight is 664 g/mol. The summed E-state index contributed by atoms with van der Waals surface area (Å²) >= 11 is 0. The zero-order valence-electron chi connectivity index (χ0n) is 30.5. The van der Waals surface area contributed by atoms with Crippen LogP contribution in [0.3, 0.4) is 0 Å². The van der Waals surface area contributed by atoms with Gasteiger partial charge in [0.1, 0.15) is 0 Å². The van der Waals surface area contributed by atoms with E-state index < -0.39 is 0 Å². The standard InChI is InChI=1S/C47H57N3/c1-34-16-17-36(18-19-40(26-28-48)43-27-29-49-31-43)32-50(44-25-24-38-12-6-7-13-42(38)30-44)33-47(46-15-9-8-14-45(46)35(34)2)41-22-20-39(21-23-41)37-10-4-3-5-11-37/h3-4,7-8,10,13-14,16-20,22,24-26,29,38,42-44H,5-6,9,11-12,15,21,23,27-28,30-33,48H2,1-2H3/b19-18+,34-16+,36-17-,40-26+,45-35+,47-46+. The first-order valence-electron chi connectivity index (χ1n) is 19.5. The van der Waals surface area contributed by atoms with E-state index in [-0.39, 0.29) is 0 Å². The van der Waals surface area contributed by atoms with Crippen molar-refractivity contribution in [1.82, 2.24) is 4.90 Å². The first kappa shape index (κ1) is 34.6. The van der Waals surface area contributed by atoms with Gasteiger partial charge in [-0.15, -0.1) is 0 Å². The molecule has 0 aromatic rings. The minimum atomic E-state index is 0.390. The lowest BCUT2D eigenvalue weighted by atomic mass is 9.76. The van der Waals surface area contributed by atoms with E-state index in [0.29, 0.717) is 30.3 Å². The predicted octanol–water partition coefficient (Wildman–Crippen LogP) is 10.5. The summed E-state index contributed by atoms with van der Waals surface area (Å²) < 4.78 is 0. The van der Waals surface area contributed by atoms with Crippen LogP contribution >= 0.6 is 0 Å². The molecule has 0 spiro atoms. The van der Waals surface area contributed by atoms with Crippen molar-refractivity contribution in [3.05, 3.63) is 153 Å². The average Bonchev–Trinajstić information content (AvgIpc) is 3.71. The van der Waals surface area contributed by atoms with Crippen LogP contribution in [0.15, 0.2) is 158 Å². The Bertz CT molecular complexity index is 1740. The molecule has 0 radical (unpaired) electrons. The third-order valence-electron chi connectivity index (χ3n) is 12.1. The molecule has 0 saturated carbocycles. The molecule has 0 aromatic heterocycles. The minimum Gasteiger partial charge on any atom is -0.327 e. The lowest BCUT2D eigenvalue weighted by Gasteiger charge is -2.39. The summed E-state index contributed by atoms with van der Waals surface area (Å²) in [4.78, 5) is 7.36. The quantitative estimate of drug-likeness (QED) is 0.218. The van der Waals surface area contributed by atoms with Gasteiger partial charge in [0.05, 0.1) is 0 Å². The predicted molar refractivity (Wildman–Crippen MR) is 214 cm³/mol. The van der Waals surface area contributed by atoms with Gasteiger partial charge in [-0.1, -0.05) is 97.2 Å². The number of rotatable bonds is 7. The van der Waals surface area contributed by atoms with Gasteiger partial charge in [0, 0.05) is 38.1 Å². The molecule has 5 aliphatic carbocycles. The molecule has 0 bridgehead atoms. The van der Waals surface area contributed by atoms with Crippen molar-refractivity contribution >= 4 is 6.21 Å². The second-order valence-corrected chi connectivity index (χ2v) is 15.3. The van der Waals surface area contributed by atoms with Crippen molar-refractivity contribution in [3.8, 4) is 0 Å². The van der Waals surface area contributed by atoms with E-state index in [9.17, 15) is 0 Å². The Kier molecular flexibility index (Phi) is 11.4. The molecule has 2 heterocycles. The van der Waals surface area contributed by atoms with Gasteiger partial charge in [0.25, 0.3) is 0 Å². The van der Waals surface area contributed by atoms with Gasteiger partial charge in [-0.2, -0.15) is 0 Å². The van der Waals surface area contributed by atoms with Crippen molar-refractivity contribution in [1.29, 1.82) is 0 Å². The van der Waals surface area contributed by atoms with Crippen molar-refractivity contribution < 1.29 is 0 Å². The molecule has 3 nitrogen and oxygen atoms in total. The van der Waals surface area contributed by atoms with Crippen LogP contribution in [0.5, 0.6) is 0 Å². The van der Waals surface area contributed by atoms with Gasteiger partial charge < -0.3 is 5.73 Å². The van der Waals surface area contributed by atoms with Crippen LogP contribution in [0.4, 0.5) is 0 Å². The fourth-order valence-electron chi connectivity index (χ4n) is 8.94. The zero-order chi connectivity index (χ0) is 34.3. The third-order valence-corrected chi connectivity index (χ3v) is 12.1. The molecule has 4 unspecified atom stereocenters. The lowest BCUT2D eigenvalue weighted by Crippen LogP contribution is -2.41. The maximum absolute atomic E-state index is 6.08. The molecule has 0 fully saturated rings. The zero-order valence-corrected chi connectivity index (χ0v) is 30.5. The van der Waals surface area contributed by atoms with E-state index in [4.69, 9.17) is 5.73 Å². The highest BCUT2D eigenvalue weighted by molar-refractivity contribution is 5.62. The van der Waals surface area contributed by atoms with Gasteiger partial charge in [-0.3, -0.25) is 9.89 Å². The maximum atomic E-state index is 6.08. The van der Waals surface area contributed by atoms with Gasteiger partial charge in [0.15, 0.2) is 0 Å². The van der Waals surface area contributed by atoms with Crippen LogP contribution in [-0.2, 0) is 0 Å². The number of hydrogen-bond acceptors (Lipinski definition) is 3. The summed E-state index contributed by atoms with van der Waals surface area (Å²) in [5.41, 5.74) is 20.6. The van der Waals surface area contributed by atoms with Gasteiger partial charge >= 0.3 is 0 Å². The molecule has 7 rings (SSSR count). The molecule has 7 aliphatic rings. The normalized spacial score (nSPS) is 34.3. The molecule has 2 aliphatic heterocycles. The van der Waals surface area contributed by atoms with Crippen LogP contribution in [0.2, 0.25) is 0 Å². The van der Waals surface area contributed by atoms with E-state index in [1.54, 1.807) is 11.1 Å². The molecule has 260 valence electrons. The highest BCUT2D eigenvalue weighted by Crippen LogP contribution is 2.40. The van der Waals surface area contributed by atoms with Crippen LogP contribution in [-0.4, -0.2) is 43.3 Å². The number of fused-ring (bicyclic) bond motifs is 2. The Balaban J connectivity index is 1.31. The van der Waals surface area contributed by atoms with Crippen LogP contribution in [0, 0.1) is 17.8 Å². The summed E-state index contributed by atoms with van der Waals surface area (Å²) in [6, 6.07) is 0.390. The Morgan fingerprint density at radius 2 is 1.70 bits per heavy atom. The fourth-order valence-corrected chi connectivity index (χ4v) is 8.94. The molecule has 0 saturated heterocycles. The topological polar surface area (TPSA) is 41.6 Å². The monoisotopic (exact) mass is 663 g/mol. The lowest BCUT2D eigenvalue weighted by molar-refractivity contribution is 0.214. The SMILES string of the molecule is CC1=C\C=C(\C=C\C(=C/CN)C2CC=NC2)CN(C2C=CC3CCC=CC3C2)C/C(C2=CC=C(C3=CC=CCC3)CC2)=C2/CCC=C/C2=C\1C. The molecular formula is C47H57N3. The van der Waals surface area contributed by atoms with E-state index in [0.717, 1.165) is 58.2 Å². The van der Waals surface area contributed by atoms with Crippen molar-refractivity contribution in [2.45, 2.75) is 84.1 Å². The molecular weight excluding hydrogens is 607 g/mol. The number of nitrogens with two attached hydrogens (primary N) is 1. The van der Waals surface area contributed by atoms with E-state index in [1.807, 2.05) is 0 Å². The van der Waals surface area contributed by atoms with Crippen molar-refractivity contribution in [2.75, 3.05) is 26.2 Å². The summed E-state index contributed by atoms with van der Waals surface area (Å²) in [7, 11) is 0. The smallest absolute Gasteiger partial charge is 0.0457 e. The highest BCUT2D eigenvalue weighted by Gasteiger charge is 2.31. The van der Waals surface area contributed by atoms with Gasteiger partial charge in [0.2, 0.25) is 0 Å². The highest BCUT2D eigenvalue weighted by atomic mass is 15.2. The summed E-state index contributed by atoms with van der Waals surface area (Å²) in [6.07, 6.45) is 51.9. The summed E-state index contributed by atoms with van der Waals surface area (Å²) in [6.45, 7) is 7.92. The largest absolute Gasteiger partial charge is 0.327 e. The van der Waals surface area contributed by atoms with Gasteiger partial charge in [-0.05, 0) is 152 Å². The van der Waals surface area contributed by atoms with Crippen molar-refractivity contribution in [3.63, 3.8) is 0 Å². The molecule has 4 atom stereocenters. The second-order valence-electron chi connectivity index (χ2n) is 15.3. The number of aliphatic imine (C=N–C) groups is 1. The van der Waals surface area contributed by atoms with E-state index in [1.165, 1.54) is 70.3 Å². The van der Waals surface area contributed by atoms with Crippen LogP contribution in [0.25, 0.3) is 0 Å². The van der Waals surface area contributed by atoms with Crippen molar-refractivity contribution in [2.24, 2.45) is 28.5 Å². The van der Waals surface area contributed by atoms with Crippen LogP contribution in [0.1, 0.15) is 78.1 Å². The number of nitrogens with zero attached hydrogens (tertiary/aromatic N) is 2.